The lowest BCUT2D eigenvalue weighted by Gasteiger charge is -2.46. The Bertz CT molecular complexity index is 1070. The molecule has 3 N–H and O–H groups in total. The lowest BCUT2D eigenvalue weighted by Crippen LogP contribution is -2.51. The number of rotatable bonds is 3. The first-order valence-electron chi connectivity index (χ1n) is 10.6. The van der Waals surface area contributed by atoms with Gasteiger partial charge >= 0.3 is 0 Å². The van der Waals surface area contributed by atoms with Crippen molar-refractivity contribution in [1.29, 1.82) is 0 Å². The summed E-state index contributed by atoms with van der Waals surface area (Å²) in [5.41, 5.74) is 2.98. The van der Waals surface area contributed by atoms with Crippen LogP contribution < -0.4 is 4.74 Å². The molecule has 0 aliphatic carbocycles. The van der Waals surface area contributed by atoms with E-state index in [1.807, 2.05) is 31.2 Å². The van der Waals surface area contributed by atoms with Crippen LogP contribution in [0.25, 0.3) is 10.9 Å². The number of aromatic nitrogens is 1. The number of ether oxygens (including phenoxy) is 1. The number of aliphatic hydroxyl groups excluding tert-OH is 2. The molecule has 2 aliphatic heterocycles. The number of halogens is 1. The predicted molar refractivity (Wildman–Crippen MR) is 113 cm³/mol. The Labute approximate surface area is 175 Å². The first-order chi connectivity index (χ1) is 14.4. The molecule has 158 valence electrons. The van der Waals surface area contributed by atoms with Gasteiger partial charge in [-0.05, 0) is 44.0 Å². The quantitative estimate of drug-likeness (QED) is 0.611. The van der Waals surface area contributed by atoms with Gasteiger partial charge in [0, 0.05) is 53.8 Å². The number of likely N-dealkylation sites (tertiary alicyclic amines) is 1. The van der Waals surface area contributed by atoms with Gasteiger partial charge in [0.05, 0.1) is 12.2 Å². The monoisotopic (exact) mass is 410 g/mol. The van der Waals surface area contributed by atoms with Crippen LogP contribution in [0, 0.1) is 12.7 Å². The van der Waals surface area contributed by atoms with Crippen molar-refractivity contribution in [1.82, 2.24) is 9.88 Å². The van der Waals surface area contributed by atoms with E-state index in [1.165, 1.54) is 12.1 Å². The van der Waals surface area contributed by atoms with Gasteiger partial charge in [0.1, 0.15) is 17.2 Å². The highest BCUT2D eigenvalue weighted by Crippen LogP contribution is 2.44. The number of fused-ring (bicyclic) bond motifs is 2. The van der Waals surface area contributed by atoms with Gasteiger partial charge in [-0.2, -0.15) is 0 Å². The minimum atomic E-state index is -0.701. The highest BCUT2D eigenvalue weighted by molar-refractivity contribution is 5.85. The zero-order chi connectivity index (χ0) is 20.9. The third-order valence-electron chi connectivity index (χ3n) is 6.70. The minimum Gasteiger partial charge on any atom is -0.487 e. The van der Waals surface area contributed by atoms with Gasteiger partial charge < -0.3 is 24.8 Å². The maximum absolute atomic E-state index is 13.7. The SMILES string of the molecule is Cc1[nH]c2ccc(F)cc2c1[C@@H](O)CN1CCC2(CC1)C[C@H](O)c1ccccc1O2. The molecule has 5 rings (SSSR count). The number of hydrogen-bond acceptors (Lipinski definition) is 4. The van der Waals surface area contributed by atoms with Gasteiger partial charge in [0.25, 0.3) is 0 Å². The van der Waals surface area contributed by atoms with Crippen LogP contribution in [-0.4, -0.2) is 45.3 Å². The van der Waals surface area contributed by atoms with Crippen LogP contribution in [0.1, 0.15) is 48.3 Å². The molecule has 2 atom stereocenters. The van der Waals surface area contributed by atoms with E-state index in [0.29, 0.717) is 13.0 Å². The molecule has 2 aromatic carbocycles. The highest BCUT2D eigenvalue weighted by atomic mass is 19.1. The van der Waals surface area contributed by atoms with Crippen LogP contribution in [0.2, 0.25) is 0 Å². The van der Waals surface area contributed by atoms with Gasteiger partial charge in [-0.1, -0.05) is 18.2 Å². The van der Waals surface area contributed by atoms with Crippen molar-refractivity contribution in [3.05, 3.63) is 65.1 Å². The molecule has 0 saturated carbocycles. The topological polar surface area (TPSA) is 68.7 Å². The third-order valence-corrected chi connectivity index (χ3v) is 6.70. The summed E-state index contributed by atoms with van der Waals surface area (Å²) in [6.45, 7) is 3.96. The van der Waals surface area contributed by atoms with E-state index >= 15 is 0 Å². The van der Waals surface area contributed by atoms with Gasteiger partial charge in [0.15, 0.2) is 0 Å². The Hall–Kier alpha value is -2.41. The number of benzene rings is 2. The number of piperidine rings is 1. The Balaban J connectivity index is 1.28. The number of aryl methyl sites for hydroxylation is 1. The lowest BCUT2D eigenvalue weighted by molar-refractivity contribution is -0.0587. The molecule has 0 bridgehead atoms. The molecule has 1 aromatic heterocycles. The van der Waals surface area contributed by atoms with Gasteiger partial charge in [0.2, 0.25) is 0 Å². The van der Waals surface area contributed by atoms with Crippen molar-refractivity contribution in [2.24, 2.45) is 0 Å². The smallest absolute Gasteiger partial charge is 0.125 e. The Morgan fingerprint density at radius 2 is 2.00 bits per heavy atom. The second-order valence-electron chi connectivity index (χ2n) is 8.71. The number of H-pyrrole nitrogens is 1. The number of nitrogens with one attached hydrogen (secondary N) is 1. The zero-order valence-electron chi connectivity index (χ0n) is 17.1. The van der Waals surface area contributed by atoms with Gasteiger partial charge in [-0.3, -0.25) is 0 Å². The minimum absolute atomic E-state index is 0.303. The summed E-state index contributed by atoms with van der Waals surface area (Å²) in [6.07, 6.45) is 0.990. The van der Waals surface area contributed by atoms with E-state index in [0.717, 1.165) is 59.4 Å². The molecule has 3 aromatic rings. The van der Waals surface area contributed by atoms with Crippen LogP contribution in [0.4, 0.5) is 4.39 Å². The Kier molecular flexibility index (Phi) is 4.81. The average Bonchev–Trinajstić information content (AvgIpc) is 3.05. The van der Waals surface area contributed by atoms with E-state index < -0.39 is 12.2 Å². The molecule has 0 radical (unpaired) electrons. The summed E-state index contributed by atoms with van der Waals surface area (Å²) in [5.74, 6) is 0.476. The number of hydrogen-bond donors (Lipinski definition) is 3. The van der Waals surface area contributed by atoms with Crippen molar-refractivity contribution in [2.75, 3.05) is 19.6 Å². The van der Waals surface area contributed by atoms with Gasteiger partial charge in [-0.15, -0.1) is 0 Å². The van der Waals surface area contributed by atoms with Crippen molar-refractivity contribution in [2.45, 2.75) is 44.0 Å². The molecule has 30 heavy (non-hydrogen) atoms. The van der Waals surface area contributed by atoms with Crippen LogP contribution >= 0.6 is 0 Å². The number of aromatic amines is 1. The van der Waals surface area contributed by atoms with Crippen LogP contribution in [0.3, 0.4) is 0 Å². The molecule has 0 unspecified atom stereocenters. The van der Waals surface area contributed by atoms with E-state index in [9.17, 15) is 14.6 Å². The molecule has 5 nitrogen and oxygen atoms in total. The standard InChI is InChI=1S/C24H27FN2O3/c1-15-23(18-12-16(25)6-7-19(18)26-15)21(29)14-27-10-8-24(9-11-27)13-20(28)17-4-2-3-5-22(17)30-24/h2-7,12,20-21,26,28-29H,8-11,13-14H2,1H3/t20-,21-/m0/s1. The highest BCUT2D eigenvalue weighted by Gasteiger charge is 2.43. The fourth-order valence-electron chi connectivity index (χ4n) is 5.12. The molecule has 6 heteroatoms. The lowest BCUT2D eigenvalue weighted by atomic mass is 9.81. The fraction of sp³-hybridized carbons (Fsp3) is 0.417. The Morgan fingerprint density at radius 1 is 1.23 bits per heavy atom. The Morgan fingerprint density at radius 3 is 2.80 bits per heavy atom. The van der Waals surface area contributed by atoms with Crippen LogP contribution in [0.5, 0.6) is 5.75 Å². The second-order valence-corrected chi connectivity index (χ2v) is 8.71. The largest absolute Gasteiger partial charge is 0.487 e. The third kappa shape index (κ3) is 3.39. The number of β-amino-alcohol motifs (C(OH)–C–C–N with tert-alkyl or cyclic N) is 1. The van der Waals surface area contributed by atoms with E-state index in [4.69, 9.17) is 4.74 Å². The summed E-state index contributed by atoms with van der Waals surface area (Å²) in [4.78, 5) is 5.47. The number of nitrogens with zero attached hydrogens (tertiary/aromatic N) is 1. The maximum Gasteiger partial charge on any atom is 0.125 e. The molecular formula is C24H27FN2O3. The second kappa shape index (κ2) is 7.38. The number of para-hydroxylation sites is 1. The summed E-state index contributed by atoms with van der Waals surface area (Å²) in [7, 11) is 0. The molecule has 1 saturated heterocycles. The molecule has 0 amide bonds. The first kappa shape index (κ1) is 19.5. The summed E-state index contributed by atoms with van der Waals surface area (Å²) < 4.78 is 20.1. The fourth-order valence-corrected chi connectivity index (χ4v) is 5.12. The average molecular weight is 410 g/mol. The maximum atomic E-state index is 13.7. The summed E-state index contributed by atoms with van der Waals surface area (Å²) >= 11 is 0. The normalized spacial score (nSPS) is 22.1. The van der Waals surface area contributed by atoms with Crippen molar-refractivity contribution >= 4 is 10.9 Å². The van der Waals surface area contributed by atoms with Crippen LogP contribution in [0.15, 0.2) is 42.5 Å². The number of aliphatic hydroxyl groups is 2. The van der Waals surface area contributed by atoms with Crippen molar-refractivity contribution < 1.29 is 19.3 Å². The van der Waals surface area contributed by atoms with E-state index in [1.54, 1.807) is 6.07 Å². The van der Waals surface area contributed by atoms with Crippen molar-refractivity contribution in [3.63, 3.8) is 0 Å². The van der Waals surface area contributed by atoms with Gasteiger partial charge in [-0.25, -0.2) is 4.39 Å². The molecular weight excluding hydrogens is 383 g/mol. The molecule has 2 aliphatic rings. The summed E-state index contributed by atoms with van der Waals surface area (Å²) in [6, 6.07) is 12.3. The molecule has 3 heterocycles. The van der Waals surface area contributed by atoms with Crippen molar-refractivity contribution in [3.8, 4) is 5.75 Å². The van der Waals surface area contributed by atoms with E-state index in [-0.39, 0.29) is 11.4 Å². The van der Waals surface area contributed by atoms with Crippen LogP contribution in [-0.2, 0) is 0 Å². The van der Waals surface area contributed by atoms with E-state index in [2.05, 4.69) is 9.88 Å². The first-order valence-corrected chi connectivity index (χ1v) is 10.6. The molecule has 1 fully saturated rings. The molecule has 1 spiro atoms. The predicted octanol–water partition coefficient (Wildman–Crippen LogP) is 4.00. The summed E-state index contributed by atoms with van der Waals surface area (Å²) in [5, 5.41) is 22.3. The zero-order valence-corrected chi connectivity index (χ0v) is 17.1.